The molecule has 0 saturated heterocycles. The van der Waals surface area contributed by atoms with E-state index in [9.17, 15) is 17.6 Å². The summed E-state index contributed by atoms with van der Waals surface area (Å²) in [5.41, 5.74) is 1.15. The second-order valence-corrected chi connectivity index (χ2v) is 7.95. The van der Waals surface area contributed by atoms with E-state index in [-0.39, 0.29) is 31.2 Å². The molecule has 2 aromatic rings. The topological polar surface area (TPSA) is 75.7 Å². The molecule has 0 aliphatic carbocycles. The third-order valence-electron chi connectivity index (χ3n) is 3.89. The van der Waals surface area contributed by atoms with E-state index in [0.29, 0.717) is 23.4 Å². The van der Waals surface area contributed by atoms with Crippen molar-refractivity contribution in [3.63, 3.8) is 0 Å². The highest BCUT2D eigenvalue weighted by Crippen LogP contribution is 2.23. The number of sulfonamides is 1. The van der Waals surface area contributed by atoms with Gasteiger partial charge in [0.15, 0.2) is 0 Å². The molecule has 0 unspecified atom stereocenters. The van der Waals surface area contributed by atoms with Gasteiger partial charge in [-0.3, -0.25) is 9.10 Å². The standard InChI is InChI=1S/C19H23FN2O4S/c1-26-18-9-4-8-17(13-18)22(27(2,24)25)11-5-10-19(23)21-14-15-6-3-7-16(20)12-15/h3-4,6-9,12-13H,5,10-11,14H2,1-2H3,(H,21,23). The van der Waals surface area contributed by atoms with Gasteiger partial charge in [0.2, 0.25) is 15.9 Å². The fourth-order valence-corrected chi connectivity index (χ4v) is 3.53. The summed E-state index contributed by atoms with van der Waals surface area (Å²) >= 11 is 0. The van der Waals surface area contributed by atoms with Crippen molar-refractivity contribution < 1.29 is 22.3 Å². The van der Waals surface area contributed by atoms with E-state index in [1.807, 2.05) is 0 Å². The summed E-state index contributed by atoms with van der Waals surface area (Å²) in [5.74, 6) is -0.0313. The Kier molecular flexibility index (Phi) is 7.18. The van der Waals surface area contributed by atoms with Crippen molar-refractivity contribution in [3.05, 3.63) is 59.9 Å². The van der Waals surface area contributed by atoms with Gasteiger partial charge >= 0.3 is 0 Å². The summed E-state index contributed by atoms with van der Waals surface area (Å²) in [4.78, 5) is 12.0. The first-order valence-electron chi connectivity index (χ1n) is 8.42. The zero-order chi connectivity index (χ0) is 19.9. The van der Waals surface area contributed by atoms with Crippen molar-refractivity contribution in [1.29, 1.82) is 0 Å². The molecule has 27 heavy (non-hydrogen) atoms. The first kappa shape index (κ1) is 20.7. The molecule has 0 aromatic heterocycles. The van der Waals surface area contributed by atoms with E-state index >= 15 is 0 Å². The van der Waals surface area contributed by atoms with Crippen LogP contribution in [0.1, 0.15) is 18.4 Å². The molecule has 8 heteroatoms. The zero-order valence-corrected chi connectivity index (χ0v) is 16.1. The van der Waals surface area contributed by atoms with Gasteiger partial charge in [-0.15, -0.1) is 0 Å². The zero-order valence-electron chi connectivity index (χ0n) is 15.3. The number of benzene rings is 2. The molecule has 0 aliphatic rings. The Balaban J connectivity index is 1.90. The Morgan fingerprint density at radius 3 is 2.59 bits per heavy atom. The quantitative estimate of drug-likeness (QED) is 0.710. The molecule has 0 fully saturated rings. The molecule has 0 radical (unpaired) electrons. The summed E-state index contributed by atoms with van der Waals surface area (Å²) < 4.78 is 43.7. The van der Waals surface area contributed by atoms with Gasteiger partial charge in [-0.2, -0.15) is 0 Å². The molecular formula is C19H23FN2O4S. The molecule has 2 rings (SSSR count). The van der Waals surface area contributed by atoms with Crippen molar-refractivity contribution in [2.45, 2.75) is 19.4 Å². The number of ether oxygens (including phenoxy) is 1. The number of halogens is 1. The van der Waals surface area contributed by atoms with Gasteiger partial charge in [-0.1, -0.05) is 18.2 Å². The molecule has 0 bridgehead atoms. The Labute approximate surface area is 159 Å². The fraction of sp³-hybridized carbons (Fsp3) is 0.316. The average Bonchev–Trinajstić information content (AvgIpc) is 2.62. The number of rotatable bonds is 9. The molecule has 2 aromatic carbocycles. The smallest absolute Gasteiger partial charge is 0.232 e. The van der Waals surface area contributed by atoms with Gasteiger partial charge in [0.1, 0.15) is 11.6 Å². The van der Waals surface area contributed by atoms with Crippen molar-refractivity contribution in [2.75, 3.05) is 24.2 Å². The van der Waals surface area contributed by atoms with Crippen molar-refractivity contribution in [2.24, 2.45) is 0 Å². The Morgan fingerprint density at radius 2 is 1.93 bits per heavy atom. The number of nitrogens with one attached hydrogen (secondary N) is 1. The maximum Gasteiger partial charge on any atom is 0.232 e. The maximum atomic E-state index is 13.1. The molecule has 0 aliphatic heterocycles. The van der Waals surface area contributed by atoms with Gasteiger partial charge in [0, 0.05) is 25.6 Å². The van der Waals surface area contributed by atoms with Crippen LogP contribution in [0.15, 0.2) is 48.5 Å². The first-order valence-corrected chi connectivity index (χ1v) is 10.3. The second kappa shape index (κ2) is 9.36. The lowest BCUT2D eigenvalue weighted by Gasteiger charge is -2.22. The van der Waals surface area contributed by atoms with Crippen LogP contribution in [-0.2, 0) is 21.4 Å². The summed E-state index contributed by atoms with van der Waals surface area (Å²) in [6.45, 7) is 0.391. The Morgan fingerprint density at radius 1 is 1.19 bits per heavy atom. The molecule has 146 valence electrons. The monoisotopic (exact) mass is 394 g/mol. The van der Waals surface area contributed by atoms with E-state index < -0.39 is 10.0 Å². The number of amides is 1. The molecule has 0 heterocycles. The lowest BCUT2D eigenvalue weighted by Crippen LogP contribution is -2.32. The number of anilines is 1. The first-order chi connectivity index (χ1) is 12.8. The predicted octanol–water partition coefficient (Wildman–Crippen LogP) is 2.70. The van der Waals surface area contributed by atoms with Gasteiger partial charge in [-0.25, -0.2) is 12.8 Å². The number of carbonyl (C=O) groups excluding carboxylic acids is 1. The summed E-state index contributed by atoms with van der Waals surface area (Å²) in [7, 11) is -1.99. The summed E-state index contributed by atoms with van der Waals surface area (Å²) in [6.07, 6.45) is 1.63. The lowest BCUT2D eigenvalue weighted by molar-refractivity contribution is -0.121. The van der Waals surface area contributed by atoms with Crippen LogP contribution < -0.4 is 14.4 Å². The van der Waals surface area contributed by atoms with Crippen LogP contribution in [0.5, 0.6) is 5.75 Å². The van der Waals surface area contributed by atoms with Crippen LogP contribution in [0.2, 0.25) is 0 Å². The lowest BCUT2D eigenvalue weighted by atomic mass is 10.2. The fourth-order valence-electron chi connectivity index (χ4n) is 2.57. The molecule has 0 saturated carbocycles. The van der Waals surface area contributed by atoms with E-state index in [4.69, 9.17) is 4.74 Å². The van der Waals surface area contributed by atoms with E-state index in [0.717, 1.165) is 6.26 Å². The van der Waals surface area contributed by atoms with Gasteiger partial charge in [0.25, 0.3) is 0 Å². The Hall–Kier alpha value is -2.61. The van der Waals surface area contributed by atoms with Crippen LogP contribution in [0.3, 0.4) is 0 Å². The maximum absolute atomic E-state index is 13.1. The highest BCUT2D eigenvalue weighted by Gasteiger charge is 2.18. The summed E-state index contributed by atoms with van der Waals surface area (Å²) in [5, 5.41) is 2.70. The van der Waals surface area contributed by atoms with Crippen LogP contribution in [-0.4, -0.2) is 34.2 Å². The Bertz CT molecular complexity index is 887. The molecule has 6 nitrogen and oxygen atoms in total. The minimum atomic E-state index is -3.50. The summed E-state index contributed by atoms with van der Waals surface area (Å²) in [6, 6.07) is 12.7. The SMILES string of the molecule is COc1cccc(N(CCCC(=O)NCc2cccc(F)c2)S(C)(=O)=O)c1. The molecule has 0 atom stereocenters. The third-order valence-corrected chi connectivity index (χ3v) is 5.08. The highest BCUT2D eigenvalue weighted by atomic mass is 32.2. The minimum Gasteiger partial charge on any atom is -0.497 e. The number of nitrogens with zero attached hydrogens (tertiary/aromatic N) is 1. The van der Waals surface area contributed by atoms with Crippen molar-refractivity contribution in [3.8, 4) is 5.75 Å². The molecule has 1 amide bonds. The number of methoxy groups -OCH3 is 1. The van der Waals surface area contributed by atoms with Crippen molar-refractivity contribution >= 4 is 21.6 Å². The second-order valence-electron chi connectivity index (χ2n) is 6.05. The van der Waals surface area contributed by atoms with E-state index in [2.05, 4.69) is 5.32 Å². The van der Waals surface area contributed by atoms with Crippen LogP contribution in [0.4, 0.5) is 10.1 Å². The highest BCUT2D eigenvalue weighted by molar-refractivity contribution is 7.92. The van der Waals surface area contributed by atoms with Gasteiger partial charge in [-0.05, 0) is 36.2 Å². The predicted molar refractivity (Wildman–Crippen MR) is 103 cm³/mol. The van der Waals surface area contributed by atoms with Crippen molar-refractivity contribution in [1.82, 2.24) is 5.32 Å². The van der Waals surface area contributed by atoms with Crippen LogP contribution >= 0.6 is 0 Å². The normalized spacial score (nSPS) is 11.1. The number of hydrogen-bond donors (Lipinski definition) is 1. The minimum absolute atomic E-state index is 0.158. The van der Waals surface area contributed by atoms with Crippen LogP contribution in [0, 0.1) is 5.82 Å². The molecule has 1 N–H and O–H groups in total. The van der Waals surface area contributed by atoms with Gasteiger partial charge < -0.3 is 10.1 Å². The third kappa shape index (κ3) is 6.56. The largest absolute Gasteiger partial charge is 0.497 e. The molecule has 0 spiro atoms. The van der Waals surface area contributed by atoms with E-state index in [1.54, 1.807) is 36.4 Å². The number of carbonyl (C=O) groups is 1. The van der Waals surface area contributed by atoms with E-state index in [1.165, 1.54) is 23.5 Å². The number of hydrogen-bond acceptors (Lipinski definition) is 4. The molecular weight excluding hydrogens is 371 g/mol. The van der Waals surface area contributed by atoms with Crippen LogP contribution in [0.25, 0.3) is 0 Å². The average molecular weight is 394 g/mol. The van der Waals surface area contributed by atoms with Gasteiger partial charge in [0.05, 0.1) is 19.1 Å².